The number of rotatable bonds is 3. The van der Waals surface area contributed by atoms with Crippen LogP contribution in [-0.4, -0.2) is 22.9 Å². The fourth-order valence-electron chi connectivity index (χ4n) is 1.55. The van der Waals surface area contributed by atoms with Crippen molar-refractivity contribution in [2.75, 3.05) is 7.11 Å². The summed E-state index contributed by atoms with van der Waals surface area (Å²) in [6, 6.07) is 4.58. The summed E-state index contributed by atoms with van der Waals surface area (Å²) in [4.78, 5) is 19.2. The SMILES string of the molecule is COc1ncc(-c2ccc(F)c(C(C)=O)c2)cn1. The predicted octanol–water partition coefficient (Wildman–Crippen LogP) is 2.49. The van der Waals surface area contributed by atoms with Gasteiger partial charge in [-0.1, -0.05) is 6.07 Å². The van der Waals surface area contributed by atoms with Gasteiger partial charge in [-0.25, -0.2) is 14.4 Å². The van der Waals surface area contributed by atoms with Crippen LogP contribution in [-0.2, 0) is 0 Å². The van der Waals surface area contributed by atoms with Crippen molar-refractivity contribution < 1.29 is 13.9 Å². The van der Waals surface area contributed by atoms with E-state index in [-0.39, 0.29) is 17.4 Å². The molecule has 0 aliphatic heterocycles. The second kappa shape index (κ2) is 4.91. The summed E-state index contributed by atoms with van der Waals surface area (Å²) < 4.78 is 18.2. The van der Waals surface area contributed by atoms with Crippen LogP contribution in [0.15, 0.2) is 30.6 Å². The summed E-state index contributed by atoms with van der Waals surface area (Å²) >= 11 is 0. The van der Waals surface area contributed by atoms with Gasteiger partial charge in [-0.05, 0) is 24.6 Å². The van der Waals surface area contributed by atoms with E-state index in [0.717, 1.165) is 0 Å². The van der Waals surface area contributed by atoms with Crippen LogP contribution < -0.4 is 4.74 Å². The molecular weight excluding hydrogens is 235 g/mol. The maximum absolute atomic E-state index is 13.4. The van der Waals surface area contributed by atoms with E-state index in [4.69, 9.17) is 4.74 Å². The lowest BCUT2D eigenvalue weighted by molar-refractivity contribution is 0.101. The van der Waals surface area contributed by atoms with Crippen LogP contribution in [0.4, 0.5) is 4.39 Å². The van der Waals surface area contributed by atoms with Gasteiger partial charge in [0.05, 0.1) is 12.7 Å². The topological polar surface area (TPSA) is 52.1 Å². The molecule has 0 radical (unpaired) electrons. The van der Waals surface area contributed by atoms with E-state index < -0.39 is 5.82 Å². The minimum Gasteiger partial charge on any atom is -0.467 e. The summed E-state index contributed by atoms with van der Waals surface area (Å²) in [6.07, 6.45) is 3.12. The molecule has 0 aliphatic carbocycles. The Morgan fingerprint density at radius 3 is 2.44 bits per heavy atom. The predicted molar refractivity (Wildman–Crippen MR) is 64.0 cm³/mol. The Hall–Kier alpha value is -2.30. The highest BCUT2D eigenvalue weighted by Gasteiger charge is 2.09. The molecule has 0 amide bonds. The lowest BCUT2D eigenvalue weighted by Crippen LogP contribution is -1.98. The normalized spacial score (nSPS) is 10.2. The molecule has 0 aliphatic rings. The van der Waals surface area contributed by atoms with E-state index in [2.05, 4.69) is 9.97 Å². The Labute approximate surface area is 103 Å². The van der Waals surface area contributed by atoms with E-state index in [9.17, 15) is 9.18 Å². The van der Waals surface area contributed by atoms with Gasteiger partial charge in [-0.15, -0.1) is 0 Å². The summed E-state index contributed by atoms with van der Waals surface area (Å²) in [5.74, 6) is -0.843. The molecular formula is C13H11FN2O2. The van der Waals surface area contributed by atoms with Gasteiger partial charge < -0.3 is 4.74 Å². The van der Waals surface area contributed by atoms with Crippen LogP contribution in [0, 0.1) is 5.82 Å². The fraction of sp³-hybridized carbons (Fsp3) is 0.154. The number of hydrogen-bond donors (Lipinski definition) is 0. The number of Topliss-reactive ketones (excluding diaryl/α,β-unsaturated/α-hetero) is 1. The van der Waals surface area contributed by atoms with Crippen molar-refractivity contribution in [2.45, 2.75) is 6.92 Å². The Balaban J connectivity index is 2.44. The summed E-state index contributed by atoms with van der Waals surface area (Å²) in [7, 11) is 1.47. The highest BCUT2D eigenvalue weighted by molar-refractivity contribution is 5.95. The van der Waals surface area contributed by atoms with Gasteiger partial charge in [-0.2, -0.15) is 0 Å². The van der Waals surface area contributed by atoms with Crippen molar-refractivity contribution in [1.82, 2.24) is 9.97 Å². The molecule has 2 aromatic rings. The number of aromatic nitrogens is 2. The third-order valence-electron chi connectivity index (χ3n) is 2.49. The zero-order valence-corrected chi connectivity index (χ0v) is 9.98. The Morgan fingerprint density at radius 2 is 1.89 bits per heavy atom. The van der Waals surface area contributed by atoms with Crippen LogP contribution >= 0.6 is 0 Å². The average molecular weight is 246 g/mol. The zero-order valence-electron chi connectivity index (χ0n) is 9.98. The first-order chi connectivity index (χ1) is 8.61. The molecule has 2 rings (SSSR count). The van der Waals surface area contributed by atoms with Gasteiger partial charge in [0.25, 0.3) is 0 Å². The van der Waals surface area contributed by atoms with Crippen LogP contribution in [0.5, 0.6) is 6.01 Å². The van der Waals surface area contributed by atoms with Crippen LogP contribution in [0.1, 0.15) is 17.3 Å². The second-order valence-electron chi connectivity index (χ2n) is 3.71. The quantitative estimate of drug-likeness (QED) is 0.781. The average Bonchev–Trinajstić information content (AvgIpc) is 2.39. The first kappa shape index (κ1) is 12.2. The smallest absolute Gasteiger partial charge is 0.316 e. The lowest BCUT2D eigenvalue weighted by atomic mass is 10.0. The molecule has 1 aromatic heterocycles. The van der Waals surface area contributed by atoms with Gasteiger partial charge in [-0.3, -0.25) is 4.79 Å². The molecule has 0 spiro atoms. The molecule has 0 saturated carbocycles. The molecule has 4 nitrogen and oxygen atoms in total. The van der Waals surface area contributed by atoms with Crippen molar-refractivity contribution in [2.24, 2.45) is 0 Å². The minimum atomic E-state index is -0.527. The van der Waals surface area contributed by atoms with Gasteiger partial charge >= 0.3 is 6.01 Å². The molecule has 0 unspecified atom stereocenters. The van der Waals surface area contributed by atoms with Crippen molar-refractivity contribution >= 4 is 5.78 Å². The number of hydrogen-bond acceptors (Lipinski definition) is 4. The number of nitrogens with zero attached hydrogens (tertiary/aromatic N) is 2. The number of carbonyl (C=O) groups excluding carboxylic acids is 1. The maximum Gasteiger partial charge on any atom is 0.316 e. The van der Waals surface area contributed by atoms with Gasteiger partial charge in [0, 0.05) is 18.0 Å². The zero-order chi connectivity index (χ0) is 13.1. The number of ether oxygens (including phenoxy) is 1. The summed E-state index contributed by atoms with van der Waals surface area (Å²) in [6.45, 7) is 1.33. The Bertz CT molecular complexity index is 582. The molecule has 1 aromatic carbocycles. The van der Waals surface area contributed by atoms with E-state index in [1.807, 2.05) is 0 Å². The van der Waals surface area contributed by atoms with E-state index in [0.29, 0.717) is 11.1 Å². The largest absolute Gasteiger partial charge is 0.467 e. The van der Waals surface area contributed by atoms with Crippen molar-refractivity contribution in [3.05, 3.63) is 42.0 Å². The molecule has 0 saturated heterocycles. The number of methoxy groups -OCH3 is 1. The van der Waals surface area contributed by atoms with Gasteiger partial charge in [0.15, 0.2) is 5.78 Å². The first-order valence-corrected chi connectivity index (χ1v) is 5.28. The number of ketones is 1. The third-order valence-corrected chi connectivity index (χ3v) is 2.49. The molecule has 0 bridgehead atoms. The number of halogens is 1. The number of benzene rings is 1. The monoisotopic (exact) mass is 246 g/mol. The number of carbonyl (C=O) groups is 1. The highest BCUT2D eigenvalue weighted by Crippen LogP contribution is 2.21. The van der Waals surface area contributed by atoms with Gasteiger partial charge in [0.2, 0.25) is 0 Å². The van der Waals surface area contributed by atoms with Crippen molar-refractivity contribution in [3.63, 3.8) is 0 Å². The Morgan fingerprint density at radius 1 is 1.22 bits per heavy atom. The van der Waals surface area contributed by atoms with Crippen LogP contribution in [0.25, 0.3) is 11.1 Å². The van der Waals surface area contributed by atoms with E-state index >= 15 is 0 Å². The minimum absolute atomic E-state index is 0.0586. The molecule has 18 heavy (non-hydrogen) atoms. The molecule has 0 fully saturated rings. The first-order valence-electron chi connectivity index (χ1n) is 5.28. The fourth-order valence-corrected chi connectivity index (χ4v) is 1.55. The van der Waals surface area contributed by atoms with Crippen molar-refractivity contribution in [3.8, 4) is 17.1 Å². The maximum atomic E-state index is 13.4. The summed E-state index contributed by atoms with van der Waals surface area (Å²) in [5.41, 5.74) is 1.44. The van der Waals surface area contributed by atoms with Crippen LogP contribution in [0.3, 0.4) is 0 Å². The standard InChI is InChI=1S/C13H11FN2O2/c1-8(17)11-5-9(3-4-12(11)14)10-6-15-13(18-2)16-7-10/h3-7H,1-2H3. The highest BCUT2D eigenvalue weighted by atomic mass is 19.1. The van der Waals surface area contributed by atoms with Gasteiger partial charge in [0.1, 0.15) is 5.82 Å². The third kappa shape index (κ3) is 2.34. The van der Waals surface area contributed by atoms with Crippen molar-refractivity contribution in [1.29, 1.82) is 0 Å². The molecule has 1 heterocycles. The summed E-state index contributed by atoms with van der Waals surface area (Å²) in [5, 5.41) is 0. The molecule has 0 atom stereocenters. The lowest BCUT2D eigenvalue weighted by Gasteiger charge is -2.04. The Kier molecular flexibility index (Phi) is 3.32. The van der Waals surface area contributed by atoms with Crippen LogP contribution in [0.2, 0.25) is 0 Å². The molecule has 0 N–H and O–H groups in total. The molecule has 5 heteroatoms. The molecule has 92 valence electrons. The van der Waals surface area contributed by atoms with E-state index in [1.54, 1.807) is 18.5 Å². The van der Waals surface area contributed by atoms with E-state index in [1.165, 1.54) is 26.2 Å². The second-order valence-corrected chi connectivity index (χ2v) is 3.71.